The van der Waals surface area contributed by atoms with E-state index in [9.17, 15) is 14.4 Å². The summed E-state index contributed by atoms with van der Waals surface area (Å²) in [4.78, 5) is 66.4. The standard InChI is InChI=1S/C24H20N6O3S.C19H18N6O2/c1-33-16-5-2-4-14(10-16)13-25-23-27-18(12-21(31)29-23)15-7-8-17-19(11-15)28-24(26-17)30-22(32)20-6-3-9-34-20;1-27-13-4-2-3-11(7-13)10-21-19-24-15(9-17(26)25-19)12-5-6-14-16(8-12)23-18(20)22-14/h2-12H,13H2,1H3,(H2,25,27,29,31)(H2,26,28,30,32);2-9H,10H2,1H3,(H3,20,22,23)(H2,21,24,25,26). The van der Waals surface area contributed by atoms with E-state index in [-0.39, 0.29) is 17.0 Å². The highest BCUT2D eigenvalue weighted by molar-refractivity contribution is 7.12. The molecule has 17 nitrogen and oxygen atoms in total. The van der Waals surface area contributed by atoms with Gasteiger partial charge in [0.25, 0.3) is 17.0 Å². The molecule has 9 N–H and O–H groups in total. The topological polar surface area (TPSA) is 246 Å². The summed E-state index contributed by atoms with van der Waals surface area (Å²) in [5.41, 5.74) is 12.7. The van der Waals surface area contributed by atoms with Crippen molar-refractivity contribution in [2.24, 2.45) is 0 Å². The Labute approximate surface area is 350 Å². The highest BCUT2D eigenvalue weighted by Gasteiger charge is 2.13. The molecule has 18 heteroatoms. The number of hydrogen-bond donors (Lipinski definition) is 8. The van der Waals surface area contributed by atoms with Gasteiger partial charge in [-0.3, -0.25) is 29.7 Å². The van der Waals surface area contributed by atoms with E-state index < -0.39 is 0 Å². The summed E-state index contributed by atoms with van der Waals surface area (Å²) in [6.07, 6.45) is 0. The van der Waals surface area contributed by atoms with Gasteiger partial charge in [-0.05, 0) is 71.1 Å². The molecule has 0 aliphatic heterocycles. The van der Waals surface area contributed by atoms with Crippen molar-refractivity contribution in [3.8, 4) is 34.0 Å². The maximum absolute atomic E-state index is 12.3. The van der Waals surface area contributed by atoms with Crippen LogP contribution in [0.15, 0.2) is 124 Å². The number of fused-ring (bicyclic) bond motifs is 2. The summed E-state index contributed by atoms with van der Waals surface area (Å²) in [6, 6.07) is 32.8. The highest BCUT2D eigenvalue weighted by atomic mass is 32.1. The molecule has 61 heavy (non-hydrogen) atoms. The molecule has 0 atom stereocenters. The number of aromatic amines is 4. The Morgan fingerprint density at radius 2 is 1.18 bits per heavy atom. The SMILES string of the molecule is COc1cccc(CNc2nc(-c3ccc4nc(N)[nH]c4c3)cc(=O)[nH]2)c1.COc1cccc(CNc2nc(-c3ccc4nc(NC(=O)c5cccs5)[nH]c4c3)cc(=O)[nH]2)c1. The van der Waals surface area contributed by atoms with Gasteiger partial charge in [-0.25, -0.2) is 19.9 Å². The normalized spacial score (nSPS) is 10.9. The first kappa shape index (κ1) is 39.6. The zero-order valence-electron chi connectivity index (χ0n) is 32.7. The molecular formula is C43H38N12O5S. The first-order chi connectivity index (χ1) is 29.7. The average Bonchev–Trinajstić information content (AvgIpc) is 4.04. The molecule has 1 amide bonds. The Balaban J connectivity index is 0.000000173. The summed E-state index contributed by atoms with van der Waals surface area (Å²) in [5, 5.41) is 10.9. The van der Waals surface area contributed by atoms with E-state index >= 15 is 0 Å². The molecule has 0 spiro atoms. The lowest BCUT2D eigenvalue weighted by atomic mass is 10.1. The number of carbonyl (C=O) groups excluding carboxylic acids is 1. The van der Waals surface area contributed by atoms with Crippen molar-refractivity contribution in [2.45, 2.75) is 13.1 Å². The van der Waals surface area contributed by atoms with Gasteiger partial charge in [-0.2, -0.15) is 0 Å². The van der Waals surface area contributed by atoms with Crippen LogP contribution in [-0.2, 0) is 13.1 Å². The van der Waals surface area contributed by atoms with Gasteiger partial charge >= 0.3 is 0 Å². The lowest BCUT2D eigenvalue weighted by Crippen LogP contribution is -2.12. The average molecular weight is 835 g/mol. The van der Waals surface area contributed by atoms with Crippen LogP contribution in [0.3, 0.4) is 0 Å². The van der Waals surface area contributed by atoms with Gasteiger partial charge in [-0.15, -0.1) is 11.3 Å². The zero-order chi connectivity index (χ0) is 42.3. The number of hydrogen-bond acceptors (Lipinski definition) is 13. The van der Waals surface area contributed by atoms with Crippen LogP contribution >= 0.6 is 11.3 Å². The van der Waals surface area contributed by atoms with Crippen LogP contribution in [0.25, 0.3) is 44.6 Å². The molecule has 5 aromatic heterocycles. The summed E-state index contributed by atoms with van der Waals surface area (Å²) < 4.78 is 10.5. The molecule has 9 rings (SSSR count). The van der Waals surface area contributed by atoms with Crippen molar-refractivity contribution in [1.82, 2.24) is 39.9 Å². The van der Waals surface area contributed by atoms with Crippen molar-refractivity contribution in [3.05, 3.63) is 151 Å². The van der Waals surface area contributed by atoms with Crippen molar-refractivity contribution in [3.63, 3.8) is 0 Å². The molecule has 0 fully saturated rings. The van der Waals surface area contributed by atoms with Crippen LogP contribution in [0.1, 0.15) is 20.8 Å². The summed E-state index contributed by atoms with van der Waals surface area (Å²) >= 11 is 1.36. The molecule has 0 aliphatic carbocycles. The van der Waals surface area contributed by atoms with Crippen LogP contribution < -0.4 is 42.3 Å². The number of benzene rings is 4. The lowest BCUT2D eigenvalue weighted by Gasteiger charge is -2.08. The largest absolute Gasteiger partial charge is 0.497 e. The van der Waals surface area contributed by atoms with Gasteiger partial charge in [0.1, 0.15) is 11.5 Å². The van der Waals surface area contributed by atoms with Crippen LogP contribution in [0, 0.1) is 0 Å². The number of methoxy groups -OCH3 is 2. The number of imidazole rings is 2. The van der Waals surface area contributed by atoms with Crippen molar-refractivity contribution >= 4 is 63.1 Å². The Kier molecular flexibility index (Phi) is 11.5. The maximum atomic E-state index is 12.3. The van der Waals surface area contributed by atoms with Gasteiger partial charge < -0.3 is 35.8 Å². The lowest BCUT2D eigenvalue weighted by molar-refractivity contribution is 0.103. The number of ether oxygens (including phenoxy) is 2. The second-order valence-electron chi connectivity index (χ2n) is 13.5. The Morgan fingerprint density at radius 3 is 1.72 bits per heavy atom. The third-order valence-electron chi connectivity index (χ3n) is 9.22. The molecule has 0 saturated heterocycles. The van der Waals surface area contributed by atoms with Crippen molar-refractivity contribution < 1.29 is 14.3 Å². The Morgan fingerprint density at radius 1 is 0.623 bits per heavy atom. The number of nitrogens with one attached hydrogen (secondary N) is 7. The monoisotopic (exact) mass is 834 g/mol. The van der Waals surface area contributed by atoms with E-state index in [4.69, 9.17) is 15.2 Å². The quantitative estimate of drug-likeness (QED) is 0.0636. The molecular weight excluding hydrogens is 797 g/mol. The third kappa shape index (κ3) is 9.73. The fourth-order valence-corrected chi connectivity index (χ4v) is 6.93. The number of H-pyrrole nitrogens is 4. The minimum atomic E-state index is -0.272. The van der Waals surface area contributed by atoms with Crippen molar-refractivity contribution in [2.75, 3.05) is 35.9 Å². The molecule has 5 heterocycles. The van der Waals surface area contributed by atoms with Crippen LogP contribution in [0.2, 0.25) is 0 Å². The van der Waals surface area contributed by atoms with E-state index in [0.717, 1.165) is 44.8 Å². The number of amides is 1. The fourth-order valence-electron chi connectivity index (χ4n) is 6.31. The molecule has 0 saturated carbocycles. The molecule has 9 aromatic rings. The molecule has 0 radical (unpaired) electrons. The molecule has 306 valence electrons. The number of rotatable bonds is 12. The first-order valence-corrected chi connectivity index (χ1v) is 19.6. The van der Waals surface area contributed by atoms with E-state index in [1.807, 2.05) is 96.4 Å². The van der Waals surface area contributed by atoms with Crippen LogP contribution in [-0.4, -0.2) is 60.0 Å². The second-order valence-corrected chi connectivity index (χ2v) is 14.4. The Bertz CT molecular complexity index is 3100. The van der Waals surface area contributed by atoms with Gasteiger partial charge in [0, 0.05) is 36.3 Å². The smallest absolute Gasteiger partial charge is 0.268 e. The predicted molar refractivity (Wildman–Crippen MR) is 237 cm³/mol. The maximum Gasteiger partial charge on any atom is 0.268 e. The fraction of sp³-hybridized carbons (Fsp3) is 0.0930. The van der Waals surface area contributed by atoms with E-state index in [2.05, 4.69) is 55.8 Å². The van der Waals surface area contributed by atoms with Crippen LogP contribution in [0.5, 0.6) is 11.5 Å². The van der Waals surface area contributed by atoms with E-state index in [1.54, 1.807) is 20.3 Å². The Hall–Kier alpha value is -8.25. The number of thiophene rings is 1. The number of nitrogen functional groups attached to an aromatic ring is 1. The number of anilines is 4. The molecule has 0 aliphatic rings. The summed E-state index contributed by atoms with van der Waals surface area (Å²) in [7, 11) is 3.24. The van der Waals surface area contributed by atoms with E-state index in [0.29, 0.717) is 64.2 Å². The molecule has 4 aromatic carbocycles. The number of aromatic nitrogens is 8. The highest BCUT2D eigenvalue weighted by Crippen LogP contribution is 2.25. The van der Waals surface area contributed by atoms with E-state index in [1.165, 1.54) is 23.5 Å². The second kappa shape index (κ2) is 17.7. The zero-order valence-corrected chi connectivity index (χ0v) is 33.5. The molecule has 0 bridgehead atoms. The van der Waals surface area contributed by atoms with Gasteiger partial charge in [0.2, 0.25) is 17.8 Å². The number of carbonyl (C=O) groups is 1. The van der Waals surface area contributed by atoms with Gasteiger partial charge in [0.05, 0.1) is 52.6 Å². The van der Waals surface area contributed by atoms with Gasteiger partial charge in [0.15, 0.2) is 5.95 Å². The number of nitrogens with two attached hydrogens (primary N) is 1. The van der Waals surface area contributed by atoms with Crippen LogP contribution in [0.4, 0.5) is 23.8 Å². The minimum absolute atomic E-state index is 0.225. The number of nitrogens with zero attached hydrogens (tertiary/aromatic N) is 4. The minimum Gasteiger partial charge on any atom is -0.497 e. The first-order valence-electron chi connectivity index (χ1n) is 18.7. The van der Waals surface area contributed by atoms with Crippen molar-refractivity contribution in [1.29, 1.82) is 0 Å². The predicted octanol–water partition coefficient (Wildman–Crippen LogP) is 6.76. The summed E-state index contributed by atoms with van der Waals surface area (Å²) in [6.45, 7) is 0.968. The van der Waals surface area contributed by atoms with Gasteiger partial charge in [-0.1, -0.05) is 42.5 Å². The molecule has 0 unspecified atom stereocenters. The third-order valence-corrected chi connectivity index (χ3v) is 10.1. The summed E-state index contributed by atoms with van der Waals surface area (Å²) in [5.74, 6) is 2.76.